The summed E-state index contributed by atoms with van der Waals surface area (Å²) in [5.74, 6) is 0. The van der Waals surface area contributed by atoms with Crippen LogP contribution in [0.1, 0.15) is 32.1 Å². The number of aromatic nitrogens is 3. The second kappa shape index (κ2) is 5.73. The summed E-state index contributed by atoms with van der Waals surface area (Å²) in [6, 6.07) is 9.73. The number of nitrogens with zero attached hydrogens (tertiary/aromatic N) is 4. The van der Waals surface area contributed by atoms with Gasteiger partial charge in [0, 0.05) is 5.54 Å². The van der Waals surface area contributed by atoms with Gasteiger partial charge in [-0.15, -0.1) is 5.10 Å². The largest absolute Gasteiger partial charge is 0.385 e. The van der Waals surface area contributed by atoms with E-state index in [0.29, 0.717) is 5.69 Å². The van der Waals surface area contributed by atoms with Gasteiger partial charge >= 0.3 is 0 Å². The van der Waals surface area contributed by atoms with Gasteiger partial charge in [0.25, 0.3) is 0 Å². The van der Waals surface area contributed by atoms with Gasteiger partial charge in [-0.2, -0.15) is 0 Å². The molecule has 0 aliphatic carbocycles. The van der Waals surface area contributed by atoms with Crippen LogP contribution in [-0.4, -0.2) is 44.6 Å². The Morgan fingerprint density at radius 1 is 1.30 bits per heavy atom. The number of aliphatic hydroxyl groups excluding tert-OH is 1. The highest BCUT2D eigenvalue weighted by molar-refractivity contribution is 5.32. The summed E-state index contributed by atoms with van der Waals surface area (Å²) in [4.78, 5) is 2.04. The molecule has 0 spiro atoms. The molecule has 1 aromatic heterocycles. The van der Waals surface area contributed by atoms with Crippen LogP contribution >= 0.6 is 0 Å². The molecule has 2 rings (SSSR count). The van der Waals surface area contributed by atoms with E-state index in [1.54, 1.807) is 10.9 Å². The summed E-state index contributed by atoms with van der Waals surface area (Å²) >= 11 is 0. The molecule has 0 saturated carbocycles. The average molecular weight is 274 g/mol. The van der Waals surface area contributed by atoms with Crippen molar-refractivity contribution < 1.29 is 5.11 Å². The Hall–Kier alpha value is -1.72. The van der Waals surface area contributed by atoms with Gasteiger partial charge in [-0.1, -0.05) is 30.3 Å². The number of benzene rings is 1. The first-order chi connectivity index (χ1) is 9.50. The van der Waals surface area contributed by atoms with E-state index in [4.69, 9.17) is 0 Å². The highest BCUT2D eigenvalue weighted by atomic mass is 16.3. The molecule has 0 fully saturated rings. The van der Waals surface area contributed by atoms with Gasteiger partial charge in [0.1, 0.15) is 6.10 Å². The average Bonchev–Trinajstić information content (AvgIpc) is 2.95. The molecule has 2 aromatic rings. The van der Waals surface area contributed by atoms with Crippen LogP contribution in [0.4, 0.5) is 0 Å². The Kier molecular flexibility index (Phi) is 4.20. The third kappa shape index (κ3) is 2.46. The van der Waals surface area contributed by atoms with Crippen LogP contribution in [0.25, 0.3) is 5.69 Å². The van der Waals surface area contributed by atoms with E-state index in [-0.39, 0.29) is 5.54 Å². The summed E-state index contributed by atoms with van der Waals surface area (Å²) in [6.45, 7) is 4.11. The predicted octanol–water partition coefficient (Wildman–Crippen LogP) is 2.03. The van der Waals surface area contributed by atoms with Crippen LogP contribution in [-0.2, 0) is 0 Å². The Morgan fingerprint density at radius 2 is 1.95 bits per heavy atom. The van der Waals surface area contributed by atoms with E-state index in [1.165, 1.54) is 0 Å². The van der Waals surface area contributed by atoms with Crippen LogP contribution < -0.4 is 0 Å². The normalized spacial score (nSPS) is 16.1. The fraction of sp³-hybridized carbons (Fsp3) is 0.467. The van der Waals surface area contributed by atoms with Gasteiger partial charge < -0.3 is 10.0 Å². The number of likely N-dealkylation sites (N-methyl/N-ethyl adjacent to an activating group) is 1. The van der Waals surface area contributed by atoms with Crippen molar-refractivity contribution in [2.75, 3.05) is 14.1 Å². The lowest BCUT2D eigenvalue weighted by atomic mass is 9.88. The summed E-state index contributed by atoms with van der Waals surface area (Å²) in [5, 5.41) is 18.9. The van der Waals surface area contributed by atoms with E-state index in [9.17, 15) is 5.11 Å². The molecule has 5 nitrogen and oxygen atoms in total. The molecular weight excluding hydrogens is 252 g/mol. The van der Waals surface area contributed by atoms with Gasteiger partial charge in [0.2, 0.25) is 0 Å². The molecule has 0 aliphatic rings. The Balaban J connectivity index is 2.42. The Morgan fingerprint density at radius 3 is 2.50 bits per heavy atom. The van der Waals surface area contributed by atoms with E-state index >= 15 is 0 Å². The first-order valence-corrected chi connectivity index (χ1v) is 6.82. The second-order valence-corrected chi connectivity index (χ2v) is 5.41. The third-order valence-electron chi connectivity index (χ3n) is 4.18. The van der Waals surface area contributed by atoms with Crippen molar-refractivity contribution >= 4 is 0 Å². The molecular formula is C15H22N4O. The summed E-state index contributed by atoms with van der Waals surface area (Å²) in [7, 11) is 3.95. The van der Waals surface area contributed by atoms with Crippen molar-refractivity contribution in [1.29, 1.82) is 0 Å². The molecule has 2 unspecified atom stereocenters. The van der Waals surface area contributed by atoms with Crippen LogP contribution in [0.15, 0.2) is 36.5 Å². The van der Waals surface area contributed by atoms with Gasteiger partial charge in [-0.25, -0.2) is 4.68 Å². The minimum Gasteiger partial charge on any atom is -0.385 e. The lowest BCUT2D eigenvalue weighted by molar-refractivity contribution is -0.00311. The van der Waals surface area contributed by atoms with Crippen molar-refractivity contribution in [2.24, 2.45) is 0 Å². The molecule has 1 heterocycles. The fourth-order valence-electron chi connectivity index (χ4n) is 2.27. The highest BCUT2D eigenvalue weighted by Gasteiger charge is 2.36. The van der Waals surface area contributed by atoms with Crippen LogP contribution in [0.3, 0.4) is 0 Å². The number of rotatable bonds is 5. The van der Waals surface area contributed by atoms with Gasteiger partial charge in [0.05, 0.1) is 17.6 Å². The van der Waals surface area contributed by atoms with Gasteiger partial charge in [0.15, 0.2) is 0 Å². The maximum Gasteiger partial charge on any atom is 0.116 e. The monoisotopic (exact) mass is 274 g/mol. The molecule has 2 atom stereocenters. The van der Waals surface area contributed by atoms with Crippen LogP contribution in [0, 0.1) is 0 Å². The third-order valence-corrected chi connectivity index (χ3v) is 4.18. The van der Waals surface area contributed by atoms with E-state index in [1.807, 2.05) is 56.3 Å². The lowest BCUT2D eigenvalue weighted by Crippen LogP contribution is -2.46. The minimum absolute atomic E-state index is 0.367. The maximum absolute atomic E-state index is 10.8. The quantitative estimate of drug-likeness (QED) is 0.906. The predicted molar refractivity (Wildman–Crippen MR) is 78.7 cm³/mol. The van der Waals surface area contributed by atoms with Crippen LogP contribution in [0.5, 0.6) is 0 Å². The summed E-state index contributed by atoms with van der Waals surface area (Å²) in [5.41, 5.74) is 1.24. The number of hydrogen-bond donors (Lipinski definition) is 1. The van der Waals surface area contributed by atoms with Crippen molar-refractivity contribution in [2.45, 2.75) is 31.9 Å². The van der Waals surface area contributed by atoms with Crippen LogP contribution in [0.2, 0.25) is 0 Å². The van der Waals surface area contributed by atoms with Gasteiger partial charge in [-0.05, 0) is 39.6 Å². The summed E-state index contributed by atoms with van der Waals surface area (Å²) in [6.07, 6.45) is 1.79. The zero-order valence-electron chi connectivity index (χ0n) is 12.5. The van der Waals surface area contributed by atoms with Crippen molar-refractivity contribution in [3.63, 3.8) is 0 Å². The zero-order chi connectivity index (χ0) is 14.8. The molecule has 5 heteroatoms. The molecule has 20 heavy (non-hydrogen) atoms. The maximum atomic E-state index is 10.8. The molecule has 0 amide bonds. The number of aliphatic hydroxyl groups is 1. The topological polar surface area (TPSA) is 54.2 Å². The van der Waals surface area contributed by atoms with Crippen molar-refractivity contribution in [3.05, 3.63) is 42.2 Å². The summed E-state index contributed by atoms with van der Waals surface area (Å²) < 4.78 is 1.70. The highest BCUT2D eigenvalue weighted by Crippen LogP contribution is 2.32. The standard InChI is InChI=1S/C15H22N4O/c1-5-15(2,18(3)4)14(20)13-11-16-17-19(13)12-9-7-6-8-10-12/h6-11,14,20H,5H2,1-4H3. The Labute approximate surface area is 119 Å². The van der Waals surface area contributed by atoms with E-state index in [2.05, 4.69) is 17.2 Å². The Bertz CT molecular complexity index is 552. The molecule has 108 valence electrons. The van der Waals surface area contributed by atoms with E-state index in [0.717, 1.165) is 12.1 Å². The van der Waals surface area contributed by atoms with Crippen molar-refractivity contribution in [1.82, 2.24) is 19.9 Å². The molecule has 0 radical (unpaired) electrons. The minimum atomic E-state index is -0.669. The second-order valence-electron chi connectivity index (χ2n) is 5.41. The first kappa shape index (κ1) is 14.7. The first-order valence-electron chi connectivity index (χ1n) is 6.82. The zero-order valence-corrected chi connectivity index (χ0v) is 12.5. The fourth-order valence-corrected chi connectivity index (χ4v) is 2.27. The number of para-hydroxylation sites is 1. The molecule has 0 bridgehead atoms. The molecule has 1 N–H and O–H groups in total. The van der Waals surface area contributed by atoms with Gasteiger partial charge in [-0.3, -0.25) is 0 Å². The lowest BCUT2D eigenvalue weighted by Gasteiger charge is -2.39. The number of hydrogen-bond acceptors (Lipinski definition) is 4. The molecule has 1 aromatic carbocycles. The molecule has 0 saturated heterocycles. The van der Waals surface area contributed by atoms with E-state index < -0.39 is 6.10 Å². The molecule has 0 aliphatic heterocycles. The SMILES string of the molecule is CCC(C)(C(O)c1cnnn1-c1ccccc1)N(C)C. The smallest absolute Gasteiger partial charge is 0.116 e. The van der Waals surface area contributed by atoms with Crippen molar-refractivity contribution in [3.8, 4) is 5.69 Å².